The monoisotopic (exact) mass is 289 g/mol. The van der Waals surface area contributed by atoms with Gasteiger partial charge in [0.2, 0.25) is 0 Å². The molecule has 0 bridgehead atoms. The highest BCUT2D eigenvalue weighted by Gasteiger charge is 2.07. The third-order valence-electron chi connectivity index (χ3n) is 2.88. The van der Waals surface area contributed by atoms with Crippen molar-refractivity contribution in [3.63, 3.8) is 0 Å². The predicted octanol–water partition coefficient (Wildman–Crippen LogP) is 2.82. The number of nitrogens with zero attached hydrogens (tertiary/aromatic N) is 1. The van der Waals surface area contributed by atoms with Gasteiger partial charge in [-0.15, -0.1) is 11.3 Å². The number of hydrogen-bond acceptors (Lipinski definition) is 4. The van der Waals surface area contributed by atoms with E-state index in [2.05, 4.69) is 29.5 Å². The Hall–Kier alpha value is -1.88. The Kier molecular flexibility index (Phi) is 4.74. The molecule has 1 amide bonds. The van der Waals surface area contributed by atoms with Crippen LogP contribution in [0.25, 0.3) is 0 Å². The maximum Gasteiger partial charge on any atom is 0.251 e. The van der Waals surface area contributed by atoms with E-state index in [9.17, 15) is 4.79 Å². The zero-order chi connectivity index (χ0) is 14.5. The summed E-state index contributed by atoms with van der Waals surface area (Å²) in [7, 11) is 0. The number of carbonyl (C=O) groups excluding carboxylic acids is 1. The lowest BCUT2D eigenvalue weighted by Crippen LogP contribution is -2.25. The van der Waals surface area contributed by atoms with Gasteiger partial charge in [-0.3, -0.25) is 4.79 Å². The normalized spacial score (nSPS) is 10.8. The summed E-state index contributed by atoms with van der Waals surface area (Å²) in [5, 5.41) is 6.08. The van der Waals surface area contributed by atoms with Gasteiger partial charge in [0, 0.05) is 35.5 Å². The number of amides is 1. The van der Waals surface area contributed by atoms with Gasteiger partial charge >= 0.3 is 0 Å². The molecule has 0 aliphatic carbocycles. The Morgan fingerprint density at radius 3 is 2.90 bits per heavy atom. The number of anilines is 1. The minimum Gasteiger partial charge on any atom is -0.399 e. The fraction of sp³-hybridized carbons (Fsp3) is 0.333. The SMILES string of the molecule is CC(C)c1nc(CCNC(=O)c2cccc(N)c2)cs1. The summed E-state index contributed by atoms with van der Waals surface area (Å²) in [6.45, 7) is 4.84. The van der Waals surface area contributed by atoms with Crippen LogP contribution in [-0.4, -0.2) is 17.4 Å². The first kappa shape index (κ1) is 14.5. The highest BCUT2D eigenvalue weighted by atomic mass is 32.1. The molecule has 3 N–H and O–H groups in total. The van der Waals surface area contributed by atoms with E-state index >= 15 is 0 Å². The Bertz CT molecular complexity index is 592. The van der Waals surface area contributed by atoms with Gasteiger partial charge in [0.15, 0.2) is 0 Å². The van der Waals surface area contributed by atoms with Crippen LogP contribution >= 0.6 is 11.3 Å². The van der Waals surface area contributed by atoms with Crippen molar-refractivity contribution in [1.82, 2.24) is 10.3 Å². The van der Waals surface area contributed by atoms with Crippen LogP contribution in [0.15, 0.2) is 29.6 Å². The van der Waals surface area contributed by atoms with Crippen LogP contribution in [0.2, 0.25) is 0 Å². The number of aromatic nitrogens is 1. The molecule has 4 nitrogen and oxygen atoms in total. The molecule has 0 spiro atoms. The van der Waals surface area contributed by atoms with Gasteiger partial charge in [0.25, 0.3) is 5.91 Å². The third kappa shape index (κ3) is 3.81. The standard InChI is InChI=1S/C15H19N3OS/c1-10(2)15-18-13(9-20-15)6-7-17-14(19)11-4-3-5-12(16)8-11/h3-5,8-10H,6-7,16H2,1-2H3,(H,17,19). The number of hydrogen-bond donors (Lipinski definition) is 2. The van der Waals surface area contributed by atoms with E-state index in [1.54, 1.807) is 35.6 Å². The van der Waals surface area contributed by atoms with Crippen LogP contribution in [0.4, 0.5) is 5.69 Å². The van der Waals surface area contributed by atoms with Gasteiger partial charge < -0.3 is 11.1 Å². The summed E-state index contributed by atoms with van der Waals surface area (Å²) >= 11 is 1.67. The molecule has 0 aliphatic heterocycles. The molecule has 106 valence electrons. The Morgan fingerprint density at radius 2 is 2.25 bits per heavy atom. The van der Waals surface area contributed by atoms with E-state index in [0.29, 0.717) is 23.7 Å². The predicted molar refractivity (Wildman–Crippen MR) is 83.1 cm³/mol. The molecular formula is C15H19N3OS. The first-order valence-corrected chi connectivity index (χ1v) is 7.52. The fourth-order valence-corrected chi connectivity index (χ4v) is 2.66. The Labute approximate surface area is 123 Å². The van der Waals surface area contributed by atoms with Crippen LogP contribution in [0.1, 0.15) is 40.8 Å². The lowest BCUT2D eigenvalue weighted by Gasteiger charge is -2.04. The van der Waals surface area contributed by atoms with Crippen molar-refractivity contribution >= 4 is 22.9 Å². The molecular weight excluding hydrogens is 270 g/mol. The second kappa shape index (κ2) is 6.52. The molecule has 20 heavy (non-hydrogen) atoms. The van der Waals surface area contributed by atoms with Crippen molar-refractivity contribution < 1.29 is 4.79 Å². The van der Waals surface area contributed by atoms with Crippen molar-refractivity contribution in [2.24, 2.45) is 0 Å². The van der Waals surface area contributed by atoms with Crippen molar-refractivity contribution in [3.05, 3.63) is 45.9 Å². The highest BCUT2D eigenvalue weighted by Crippen LogP contribution is 2.19. The number of nitrogens with one attached hydrogen (secondary N) is 1. The van der Waals surface area contributed by atoms with Gasteiger partial charge in [-0.05, 0) is 18.2 Å². The smallest absolute Gasteiger partial charge is 0.251 e. The quantitative estimate of drug-likeness (QED) is 0.832. The summed E-state index contributed by atoms with van der Waals surface area (Å²) in [6.07, 6.45) is 0.747. The van der Waals surface area contributed by atoms with E-state index in [1.165, 1.54) is 0 Å². The number of carbonyl (C=O) groups is 1. The molecule has 1 aromatic carbocycles. The summed E-state index contributed by atoms with van der Waals surface area (Å²) in [4.78, 5) is 16.5. The maximum atomic E-state index is 11.9. The van der Waals surface area contributed by atoms with Crippen LogP contribution in [0, 0.1) is 0 Å². The molecule has 0 fully saturated rings. The Balaban J connectivity index is 1.84. The molecule has 0 saturated heterocycles. The minimum absolute atomic E-state index is 0.100. The van der Waals surface area contributed by atoms with E-state index in [4.69, 9.17) is 5.73 Å². The van der Waals surface area contributed by atoms with Gasteiger partial charge in [-0.2, -0.15) is 0 Å². The molecule has 0 radical (unpaired) electrons. The van der Waals surface area contributed by atoms with E-state index in [1.807, 2.05) is 0 Å². The van der Waals surface area contributed by atoms with Crippen molar-refractivity contribution in [1.29, 1.82) is 0 Å². The number of rotatable bonds is 5. The number of nitrogens with two attached hydrogens (primary N) is 1. The van der Waals surface area contributed by atoms with Gasteiger partial charge in [0.1, 0.15) is 0 Å². The second-order valence-electron chi connectivity index (χ2n) is 4.96. The lowest BCUT2D eigenvalue weighted by atomic mass is 10.2. The molecule has 0 unspecified atom stereocenters. The van der Waals surface area contributed by atoms with Crippen LogP contribution in [0.5, 0.6) is 0 Å². The third-order valence-corrected chi connectivity index (χ3v) is 4.07. The Morgan fingerprint density at radius 1 is 1.45 bits per heavy atom. The summed E-state index contributed by atoms with van der Waals surface area (Å²) in [5.41, 5.74) is 7.88. The summed E-state index contributed by atoms with van der Waals surface area (Å²) in [5.74, 6) is 0.354. The fourth-order valence-electron chi connectivity index (χ4n) is 1.79. The number of nitrogen functional groups attached to an aromatic ring is 1. The topological polar surface area (TPSA) is 68.0 Å². The molecule has 2 rings (SSSR count). The highest BCUT2D eigenvalue weighted by molar-refractivity contribution is 7.09. The number of thiazole rings is 1. The zero-order valence-electron chi connectivity index (χ0n) is 11.7. The van der Waals surface area contributed by atoms with Crippen molar-refractivity contribution in [3.8, 4) is 0 Å². The van der Waals surface area contributed by atoms with Gasteiger partial charge in [0.05, 0.1) is 10.7 Å². The first-order valence-electron chi connectivity index (χ1n) is 6.64. The van der Waals surface area contributed by atoms with Crippen LogP contribution in [-0.2, 0) is 6.42 Å². The molecule has 5 heteroatoms. The van der Waals surface area contributed by atoms with E-state index < -0.39 is 0 Å². The van der Waals surface area contributed by atoms with Crippen molar-refractivity contribution in [2.45, 2.75) is 26.2 Å². The van der Waals surface area contributed by atoms with Crippen LogP contribution in [0.3, 0.4) is 0 Å². The van der Waals surface area contributed by atoms with Crippen LogP contribution < -0.4 is 11.1 Å². The largest absolute Gasteiger partial charge is 0.399 e. The summed E-state index contributed by atoms with van der Waals surface area (Å²) in [6, 6.07) is 6.97. The average molecular weight is 289 g/mol. The zero-order valence-corrected chi connectivity index (χ0v) is 12.5. The first-order chi connectivity index (χ1) is 9.56. The molecule has 0 atom stereocenters. The van der Waals surface area contributed by atoms with Gasteiger partial charge in [-0.1, -0.05) is 19.9 Å². The minimum atomic E-state index is -0.100. The van der Waals surface area contributed by atoms with E-state index in [0.717, 1.165) is 17.1 Å². The number of benzene rings is 1. The molecule has 0 aliphatic rings. The molecule has 2 aromatic rings. The maximum absolute atomic E-state index is 11.9. The lowest BCUT2D eigenvalue weighted by molar-refractivity contribution is 0.0954. The van der Waals surface area contributed by atoms with Gasteiger partial charge in [-0.25, -0.2) is 4.98 Å². The second-order valence-corrected chi connectivity index (χ2v) is 5.85. The van der Waals surface area contributed by atoms with E-state index in [-0.39, 0.29) is 5.91 Å². The molecule has 1 heterocycles. The molecule has 0 saturated carbocycles. The summed E-state index contributed by atoms with van der Waals surface area (Å²) < 4.78 is 0. The molecule has 1 aromatic heterocycles. The van der Waals surface area contributed by atoms with Crippen molar-refractivity contribution in [2.75, 3.05) is 12.3 Å². The average Bonchev–Trinajstić information content (AvgIpc) is 2.87.